The molecule has 0 aliphatic heterocycles. The summed E-state index contributed by atoms with van der Waals surface area (Å²) in [6, 6.07) is 15.9. The fourth-order valence-corrected chi connectivity index (χ4v) is 2.36. The van der Waals surface area contributed by atoms with Crippen LogP contribution in [0.3, 0.4) is 0 Å². The third-order valence-electron chi connectivity index (χ3n) is 3.72. The predicted octanol–water partition coefficient (Wildman–Crippen LogP) is 3.28. The van der Waals surface area contributed by atoms with Gasteiger partial charge in [0, 0.05) is 6.54 Å². The lowest BCUT2D eigenvalue weighted by atomic mass is 10.1. The first-order valence-electron chi connectivity index (χ1n) is 8.39. The Bertz CT molecular complexity index is 909. The maximum atomic E-state index is 12.2. The minimum atomic E-state index is -4.34. The Labute approximate surface area is 158 Å². The van der Waals surface area contributed by atoms with E-state index in [2.05, 4.69) is 20.3 Å². The van der Waals surface area contributed by atoms with Crippen LogP contribution in [-0.4, -0.2) is 33.7 Å². The molecule has 3 aromatic rings. The molecule has 1 N–H and O–H groups in total. The molecule has 0 bridgehead atoms. The molecule has 3 rings (SSSR count). The minimum absolute atomic E-state index is 0.130. The van der Waals surface area contributed by atoms with Gasteiger partial charge in [0.1, 0.15) is 6.61 Å². The largest absolute Gasteiger partial charge is 0.411 e. The highest BCUT2D eigenvalue weighted by molar-refractivity contribution is 5.91. The predicted molar refractivity (Wildman–Crippen MR) is 94.7 cm³/mol. The van der Waals surface area contributed by atoms with Crippen molar-refractivity contribution in [3.05, 3.63) is 77.6 Å². The van der Waals surface area contributed by atoms with E-state index in [4.69, 9.17) is 0 Å². The smallest absolute Gasteiger partial charge is 0.367 e. The highest BCUT2D eigenvalue weighted by atomic mass is 19.4. The Morgan fingerprint density at radius 2 is 1.71 bits per heavy atom. The van der Waals surface area contributed by atoms with Gasteiger partial charge in [0.15, 0.2) is 5.69 Å². The summed E-state index contributed by atoms with van der Waals surface area (Å²) in [7, 11) is 0. The van der Waals surface area contributed by atoms with Gasteiger partial charge in [0.05, 0.1) is 18.5 Å². The van der Waals surface area contributed by atoms with Crippen molar-refractivity contribution in [3.8, 4) is 5.69 Å². The second-order valence-electron chi connectivity index (χ2n) is 5.96. The topological polar surface area (TPSA) is 69.0 Å². The van der Waals surface area contributed by atoms with Crippen molar-refractivity contribution >= 4 is 5.91 Å². The first kappa shape index (κ1) is 19.6. The van der Waals surface area contributed by atoms with E-state index in [1.165, 1.54) is 11.0 Å². The number of amides is 1. The van der Waals surface area contributed by atoms with Gasteiger partial charge in [-0.2, -0.15) is 23.1 Å². The molecule has 28 heavy (non-hydrogen) atoms. The van der Waals surface area contributed by atoms with Crippen LogP contribution >= 0.6 is 0 Å². The Balaban J connectivity index is 1.50. The molecule has 0 atom stereocenters. The minimum Gasteiger partial charge on any atom is -0.367 e. The van der Waals surface area contributed by atoms with E-state index in [0.29, 0.717) is 5.56 Å². The molecule has 1 amide bonds. The van der Waals surface area contributed by atoms with Crippen molar-refractivity contribution in [1.29, 1.82) is 0 Å². The van der Waals surface area contributed by atoms with Crippen molar-refractivity contribution in [2.75, 3.05) is 6.61 Å². The number of rotatable bonds is 7. The second kappa shape index (κ2) is 8.66. The highest BCUT2D eigenvalue weighted by Crippen LogP contribution is 2.16. The van der Waals surface area contributed by atoms with Gasteiger partial charge in [0.25, 0.3) is 5.91 Å². The van der Waals surface area contributed by atoms with Crippen LogP contribution in [0, 0.1) is 0 Å². The number of nitrogens with one attached hydrogen (secondary N) is 1. The fourth-order valence-electron chi connectivity index (χ4n) is 2.36. The van der Waals surface area contributed by atoms with Gasteiger partial charge in [-0.1, -0.05) is 42.5 Å². The van der Waals surface area contributed by atoms with Crippen LogP contribution in [0.5, 0.6) is 0 Å². The first-order valence-corrected chi connectivity index (χ1v) is 8.39. The van der Waals surface area contributed by atoms with E-state index in [-0.39, 0.29) is 24.8 Å². The number of aromatic nitrogens is 3. The van der Waals surface area contributed by atoms with Crippen molar-refractivity contribution < 1.29 is 22.7 Å². The van der Waals surface area contributed by atoms with Gasteiger partial charge in [-0.25, -0.2) is 0 Å². The Morgan fingerprint density at radius 1 is 1.04 bits per heavy atom. The van der Waals surface area contributed by atoms with Crippen LogP contribution in [-0.2, 0) is 17.9 Å². The molecule has 2 aromatic carbocycles. The van der Waals surface area contributed by atoms with E-state index >= 15 is 0 Å². The summed E-state index contributed by atoms with van der Waals surface area (Å²) in [5, 5.41) is 10.9. The third kappa shape index (κ3) is 5.65. The van der Waals surface area contributed by atoms with Gasteiger partial charge < -0.3 is 10.1 Å². The van der Waals surface area contributed by atoms with E-state index in [1.807, 2.05) is 30.3 Å². The number of halogens is 3. The molecule has 9 heteroatoms. The number of alkyl halides is 3. The molecule has 0 radical (unpaired) electrons. The Morgan fingerprint density at radius 3 is 2.39 bits per heavy atom. The average molecular weight is 390 g/mol. The molecule has 0 saturated carbocycles. The van der Waals surface area contributed by atoms with Gasteiger partial charge in [-0.3, -0.25) is 4.79 Å². The lowest BCUT2D eigenvalue weighted by molar-refractivity contribution is -0.176. The lowest BCUT2D eigenvalue weighted by Gasteiger charge is -2.08. The lowest BCUT2D eigenvalue weighted by Crippen LogP contribution is -2.23. The van der Waals surface area contributed by atoms with Crippen molar-refractivity contribution in [2.24, 2.45) is 0 Å². The molecule has 0 aliphatic carbocycles. The van der Waals surface area contributed by atoms with E-state index in [0.717, 1.165) is 11.3 Å². The van der Waals surface area contributed by atoms with Crippen LogP contribution < -0.4 is 5.32 Å². The zero-order valence-electron chi connectivity index (χ0n) is 14.7. The quantitative estimate of drug-likeness (QED) is 0.672. The van der Waals surface area contributed by atoms with Gasteiger partial charge >= 0.3 is 6.18 Å². The van der Waals surface area contributed by atoms with Crippen molar-refractivity contribution in [2.45, 2.75) is 19.3 Å². The number of hydrogen-bond acceptors (Lipinski definition) is 4. The maximum absolute atomic E-state index is 12.2. The van der Waals surface area contributed by atoms with Gasteiger partial charge in [0.2, 0.25) is 0 Å². The molecule has 0 saturated heterocycles. The Hall–Kier alpha value is -3.20. The van der Waals surface area contributed by atoms with Crippen molar-refractivity contribution in [3.63, 3.8) is 0 Å². The molecule has 0 aliphatic rings. The standard InChI is InChI=1S/C19H17F3N4O2/c20-19(21,22)13-28-12-15-8-6-14(7-9-15)10-23-18(27)17-11-24-26(25-17)16-4-2-1-3-5-16/h1-9,11H,10,12-13H2,(H,23,27). The zero-order valence-corrected chi connectivity index (χ0v) is 14.7. The number of nitrogens with zero attached hydrogens (tertiary/aromatic N) is 3. The molecule has 0 fully saturated rings. The number of para-hydroxylation sites is 1. The number of benzene rings is 2. The molecule has 6 nitrogen and oxygen atoms in total. The van der Waals surface area contributed by atoms with Gasteiger partial charge in [-0.15, -0.1) is 5.10 Å². The summed E-state index contributed by atoms with van der Waals surface area (Å²) in [4.78, 5) is 13.6. The Kier molecular flexibility index (Phi) is 6.05. The van der Waals surface area contributed by atoms with E-state index < -0.39 is 12.8 Å². The van der Waals surface area contributed by atoms with Crippen LogP contribution in [0.15, 0.2) is 60.8 Å². The summed E-state index contributed by atoms with van der Waals surface area (Å²) in [6.07, 6.45) is -2.96. The van der Waals surface area contributed by atoms with E-state index in [9.17, 15) is 18.0 Å². The monoisotopic (exact) mass is 390 g/mol. The number of carbonyl (C=O) groups is 1. The number of hydrogen-bond donors (Lipinski definition) is 1. The van der Waals surface area contributed by atoms with Crippen LogP contribution in [0.4, 0.5) is 13.2 Å². The summed E-state index contributed by atoms with van der Waals surface area (Å²) < 4.78 is 40.8. The summed E-state index contributed by atoms with van der Waals surface area (Å²) in [6.45, 7) is -1.16. The summed E-state index contributed by atoms with van der Waals surface area (Å²) in [5.74, 6) is -0.375. The molecule has 0 spiro atoms. The average Bonchev–Trinajstić information content (AvgIpc) is 3.17. The molecule has 1 heterocycles. The highest BCUT2D eigenvalue weighted by Gasteiger charge is 2.27. The van der Waals surface area contributed by atoms with Crippen LogP contribution in [0.25, 0.3) is 5.69 Å². The molecule has 146 valence electrons. The van der Waals surface area contributed by atoms with Gasteiger partial charge in [-0.05, 0) is 23.3 Å². The first-order chi connectivity index (χ1) is 13.4. The zero-order chi connectivity index (χ0) is 20.0. The molecular weight excluding hydrogens is 373 g/mol. The molecule has 1 aromatic heterocycles. The van der Waals surface area contributed by atoms with Crippen LogP contribution in [0.2, 0.25) is 0 Å². The molecule has 0 unspecified atom stereocenters. The fraction of sp³-hybridized carbons (Fsp3) is 0.211. The maximum Gasteiger partial charge on any atom is 0.411 e. The summed E-state index contributed by atoms with van der Waals surface area (Å²) >= 11 is 0. The second-order valence-corrected chi connectivity index (χ2v) is 5.96. The number of carbonyl (C=O) groups excluding carboxylic acids is 1. The van der Waals surface area contributed by atoms with Crippen molar-refractivity contribution in [1.82, 2.24) is 20.3 Å². The SMILES string of the molecule is O=C(NCc1ccc(COCC(F)(F)F)cc1)c1cnn(-c2ccccc2)n1. The summed E-state index contributed by atoms with van der Waals surface area (Å²) in [5.41, 5.74) is 2.33. The van der Waals surface area contributed by atoms with Crippen LogP contribution in [0.1, 0.15) is 21.6 Å². The number of ether oxygens (including phenoxy) is 1. The normalized spacial score (nSPS) is 11.4. The molecular formula is C19H17F3N4O2. The third-order valence-corrected chi connectivity index (χ3v) is 3.72. The van der Waals surface area contributed by atoms with E-state index in [1.54, 1.807) is 24.3 Å².